The van der Waals surface area contributed by atoms with E-state index in [1.165, 1.54) is 0 Å². The van der Waals surface area contributed by atoms with Crippen LogP contribution in [0.2, 0.25) is 0 Å². The normalized spacial score (nSPS) is 12.5. The third kappa shape index (κ3) is 1.63. The molecule has 1 aliphatic heterocycles. The molecule has 0 saturated carbocycles. The molecule has 1 aromatic rings. The topological polar surface area (TPSA) is 93.8 Å². The first-order valence-corrected chi connectivity index (χ1v) is 4.33. The highest BCUT2D eigenvalue weighted by atomic mass is 79.9. The first kappa shape index (κ1) is 10.3. The quantitative estimate of drug-likeness (QED) is 0.562. The molecule has 1 N–H and O–H groups in total. The maximum absolute atomic E-state index is 11.1. The number of benzene rings is 1. The van der Waals surface area contributed by atoms with Crippen LogP contribution in [0.15, 0.2) is 22.7 Å². The second-order valence-electron chi connectivity index (χ2n) is 2.47. The molecule has 0 aromatic heterocycles. The molecule has 0 radical (unpaired) electrons. The van der Waals surface area contributed by atoms with Crippen LogP contribution in [0.5, 0.6) is 0 Å². The molecule has 0 aliphatic carbocycles. The molecule has 1 heterocycles. The molecule has 0 unspecified atom stereocenters. The van der Waals surface area contributed by atoms with Crippen LogP contribution in [0.4, 0.5) is 5.69 Å². The van der Waals surface area contributed by atoms with Gasteiger partial charge in [-0.05, 0) is 18.2 Å². The van der Waals surface area contributed by atoms with Crippen molar-refractivity contribution in [1.29, 1.82) is 10.8 Å². The van der Waals surface area contributed by atoms with Crippen LogP contribution < -0.4 is 5.32 Å². The molecule has 0 spiro atoms. The number of nitrogens with one attached hydrogen (secondary N) is 1. The minimum Gasteiger partial charge on any atom is -0.318 e. The number of rotatable bonds is 0. The van der Waals surface area contributed by atoms with Crippen molar-refractivity contribution in [2.45, 2.75) is 0 Å². The molecule has 5 nitrogen and oxygen atoms in total. The SMILES string of the molecule is N#N.O=C1Nc2ccc(Br)cc2C1=O. The summed E-state index contributed by atoms with van der Waals surface area (Å²) in [5.41, 5.74) is 1.03. The second-order valence-corrected chi connectivity index (χ2v) is 3.39. The van der Waals surface area contributed by atoms with Gasteiger partial charge in [0.2, 0.25) is 0 Å². The number of carbonyl (C=O) groups excluding carboxylic acids is 2. The average Bonchev–Trinajstić information content (AvgIpc) is 2.48. The Labute approximate surface area is 87.7 Å². The van der Waals surface area contributed by atoms with E-state index in [4.69, 9.17) is 10.8 Å². The van der Waals surface area contributed by atoms with E-state index in [0.717, 1.165) is 4.47 Å². The number of carbonyl (C=O) groups is 2. The third-order valence-corrected chi connectivity index (χ3v) is 2.17. The van der Waals surface area contributed by atoms with Gasteiger partial charge in [0.25, 0.3) is 11.7 Å². The summed E-state index contributed by atoms with van der Waals surface area (Å²) in [6.45, 7) is 0. The molecule has 70 valence electrons. The van der Waals surface area contributed by atoms with E-state index in [0.29, 0.717) is 11.3 Å². The second kappa shape index (κ2) is 3.98. The van der Waals surface area contributed by atoms with Crippen molar-refractivity contribution in [2.75, 3.05) is 5.32 Å². The molecular weight excluding hydrogens is 250 g/mol. The van der Waals surface area contributed by atoms with Gasteiger partial charge in [-0.3, -0.25) is 9.59 Å². The van der Waals surface area contributed by atoms with Gasteiger partial charge in [0.1, 0.15) is 0 Å². The van der Waals surface area contributed by atoms with E-state index in [1.807, 2.05) is 0 Å². The van der Waals surface area contributed by atoms with Crippen LogP contribution >= 0.6 is 15.9 Å². The molecule has 1 amide bonds. The van der Waals surface area contributed by atoms with E-state index in [9.17, 15) is 9.59 Å². The molecule has 14 heavy (non-hydrogen) atoms. The summed E-state index contributed by atoms with van der Waals surface area (Å²) >= 11 is 3.22. The van der Waals surface area contributed by atoms with Crippen LogP contribution in [0.3, 0.4) is 0 Å². The summed E-state index contributed by atoms with van der Waals surface area (Å²) < 4.78 is 0.797. The molecule has 0 atom stereocenters. The van der Waals surface area contributed by atoms with Crippen LogP contribution in [0.25, 0.3) is 0 Å². The van der Waals surface area contributed by atoms with Crippen molar-refractivity contribution >= 4 is 33.3 Å². The fourth-order valence-electron chi connectivity index (χ4n) is 1.11. The average molecular weight is 254 g/mol. The lowest BCUT2D eigenvalue weighted by Gasteiger charge is -1.95. The molecule has 6 heteroatoms. The number of anilines is 1. The Morgan fingerprint density at radius 3 is 2.50 bits per heavy atom. The Morgan fingerprint density at radius 2 is 1.86 bits per heavy atom. The lowest BCUT2D eigenvalue weighted by molar-refractivity contribution is -0.112. The van der Waals surface area contributed by atoms with Crippen LogP contribution in [-0.2, 0) is 4.79 Å². The summed E-state index contributed by atoms with van der Waals surface area (Å²) in [5, 5.41) is 14.5. The maximum atomic E-state index is 11.1. The van der Waals surface area contributed by atoms with Gasteiger partial charge in [0, 0.05) is 15.3 Å². The number of hydrogen-bond acceptors (Lipinski definition) is 4. The largest absolute Gasteiger partial charge is 0.318 e. The van der Waals surface area contributed by atoms with E-state index in [1.54, 1.807) is 18.2 Å². The van der Waals surface area contributed by atoms with E-state index < -0.39 is 11.7 Å². The van der Waals surface area contributed by atoms with Crippen LogP contribution in [-0.4, -0.2) is 11.7 Å². The smallest absolute Gasteiger partial charge is 0.296 e. The van der Waals surface area contributed by atoms with Gasteiger partial charge in [-0.25, -0.2) is 0 Å². The Morgan fingerprint density at radius 1 is 1.21 bits per heavy atom. The van der Waals surface area contributed by atoms with E-state index >= 15 is 0 Å². The van der Waals surface area contributed by atoms with Crippen LogP contribution in [0.1, 0.15) is 10.4 Å². The third-order valence-electron chi connectivity index (χ3n) is 1.68. The fraction of sp³-hybridized carbons (Fsp3) is 0. The highest BCUT2D eigenvalue weighted by Crippen LogP contribution is 2.25. The Kier molecular flexibility index (Phi) is 2.94. The Hall–Kier alpha value is -1.74. The van der Waals surface area contributed by atoms with Crippen molar-refractivity contribution in [1.82, 2.24) is 0 Å². The lowest BCUT2D eigenvalue weighted by Crippen LogP contribution is -2.12. The highest BCUT2D eigenvalue weighted by molar-refractivity contribution is 9.10. The highest BCUT2D eigenvalue weighted by Gasteiger charge is 2.27. The van der Waals surface area contributed by atoms with Gasteiger partial charge in [0.05, 0.1) is 11.3 Å². The number of hydrogen-bond donors (Lipinski definition) is 1. The number of fused-ring (bicyclic) bond motifs is 1. The van der Waals surface area contributed by atoms with Crippen molar-refractivity contribution < 1.29 is 9.59 Å². The lowest BCUT2D eigenvalue weighted by atomic mass is 10.1. The summed E-state index contributed by atoms with van der Waals surface area (Å²) in [6.07, 6.45) is 0. The van der Waals surface area contributed by atoms with E-state index in [2.05, 4.69) is 21.2 Å². The van der Waals surface area contributed by atoms with Gasteiger partial charge in [-0.1, -0.05) is 15.9 Å². The predicted molar refractivity (Wildman–Crippen MR) is 50.6 cm³/mol. The number of Topliss-reactive ketones (excluding diaryl/α,β-unsaturated/α-hetero) is 1. The summed E-state index contributed by atoms with van der Waals surface area (Å²) in [4.78, 5) is 22.0. The van der Waals surface area contributed by atoms with Gasteiger partial charge in [0.15, 0.2) is 0 Å². The number of amides is 1. The van der Waals surface area contributed by atoms with Crippen molar-refractivity contribution in [3.63, 3.8) is 0 Å². The van der Waals surface area contributed by atoms with Crippen LogP contribution in [0, 0.1) is 10.8 Å². The molecule has 0 bridgehead atoms. The van der Waals surface area contributed by atoms with Crippen molar-refractivity contribution in [2.24, 2.45) is 0 Å². The Bertz CT molecular complexity index is 428. The number of nitrogens with zero attached hydrogens (tertiary/aromatic N) is 2. The molecule has 0 saturated heterocycles. The first-order chi connectivity index (χ1) is 6.68. The van der Waals surface area contributed by atoms with Gasteiger partial charge < -0.3 is 5.32 Å². The minimum absolute atomic E-state index is 0.439. The molecule has 2 rings (SSSR count). The first-order valence-electron chi connectivity index (χ1n) is 3.54. The molecule has 1 aliphatic rings. The van der Waals surface area contributed by atoms with Gasteiger partial charge in [-0.2, -0.15) is 0 Å². The fourth-order valence-corrected chi connectivity index (χ4v) is 1.48. The zero-order chi connectivity index (χ0) is 10.7. The zero-order valence-corrected chi connectivity index (χ0v) is 8.41. The van der Waals surface area contributed by atoms with E-state index in [-0.39, 0.29) is 0 Å². The number of halogens is 1. The van der Waals surface area contributed by atoms with Gasteiger partial charge in [-0.15, -0.1) is 0 Å². The summed E-state index contributed by atoms with van der Waals surface area (Å²) in [6, 6.07) is 5.11. The minimum atomic E-state index is -0.553. The predicted octanol–water partition coefficient (Wildman–Crippen LogP) is 1.61. The summed E-state index contributed by atoms with van der Waals surface area (Å²) in [5.74, 6) is -1.02. The molecular formula is C8H4BrN3O2. The maximum Gasteiger partial charge on any atom is 0.296 e. The number of ketones is 1. The molecule has 0 fully saturated rings. The standard InChI is InChI=1S/C8H4BrNO2.N2/c9-4-1-2-6-5(3-4)7(11)8(12)10-6;1-2/h1-3H,(H,10,11,12);. The van der Waals surface area contributed by atoms with Crippen molar-refractivity contribution in [3.8, 4) is 0 Å². The molecule has 1 aromatic carbocycles. The Balaban J connectivity index is 0.000000461. The zero-order valence-electron chi connectivity index (χ0n) is 6.82. The monoisotopic (exact) mass is 253 g/mol. The van der Waals surface area contributed by atoms with Gasteiger partial charge >= 0.3 is 0 Å². The summed E-state index contributed by atoms with van der Waals surface area (Å²) in [7, 11) is 0. The van der Waals surface area contributed by atoms with Crippen molar-refractivity contribution in [3.05, 3.63) is 28.2 Å².